The topological polar surface area (TPSA) is 57.6 Å². The number of carbonyl (C=O) groups excluding carboxylic acids is 1. The highest BCUT2D eigenvalue weighted by atomic mass is 79.9. The Morgan fingerprint density at radius 1 is 1.58 bits per heavy atom. The maximum absolute atomic E-state index is 14.1. The number of carbonyl (C=O) groups is 2. The van der Waals surface area contributed by atoms with Gasteiger partial charge >= 0.3 is 5.97 Å². The number of halogens is 2. The number of hydrogen-bond acceptors (Lipinski definition) is 2. The molecule has 4 nitrogen and oxygen atoms in total. The minimum absolute atomic E-state index is 0.0987. The highest BCUT2D eigenvalue weighted by molar-refractivity contribution is 9.10. The Kier molecular flexibility index (Phi) is 3.58. The van der Waals surface area contributed by atoms with Crippen molar-refractivity contribution in [2.75, 3.05) is 11.4 Å². The molecule has 2 rings (SSSR count). The minimum atomic E-state index is -1.29. The smallest absolute Gasteiger partial charge is 0.337 e. The van der Waals surface area contributed by atoms with Crippen LogP contribution < -0.4 is 4.90 Å². The van der Waals surface area contributed by atoms with Crippen molar-refractivity contribution >= 4 is 33.5 Å². The van der Waals surface area contributed by atoms with Crippen molar-refractivity contribution in [3.63, 3.8) is 0 Å². The Hall–Kier alpha value is -1.87. The Morgan fingerprint density at radius 2 is 2.26 bits per heavy atom. The first-order valence-corrected chi connectivity index (χ1v) is 6.22. The van der Waals surface area contributed by atoms with Gasteiger partial charge in [0.15, 0.2) is 5.82 Å². The lowest BCUT2D eigenvalue weighted by Gasteiger charge is -2.19. The van der Waals surface area contributed by atoms with Crippen LogP contribution in [0.25, 0.3) is 0 Å². The van der Waals surface area contributed by atoms with Crippen LogP contribution in [0.5, 0.6) is 0 Å². The van der Waals surface area contributed by atoms with E-state index in [1.165, 1.54) is 12.1 Å². The fourth-order valence-corrected chi connectivity index (χ4v) is 2.33. The third-order valence-electron chi connectivity index (χ3n) is 2.93. The van der Waals surface area contributed by atoms with E-state index in [4.69, 9.17) is 11.5 Å². The molecule has 1 aliphatic rings. The van der Waals surface area contributed by atoms with Crippen molar-refractivity contribution in [1.82, 2.24) is 0 Å². The van der Waals surface area contributed by atoms with Crippen molar-refractivity contribution in [1.29, 1.82) is 0 Å². The lowest BCUT2D eigenvalue weighted by atomic mass is 10.1. The first kappa shape index (κ1) is 13.6. The monoisotopic (exact) mass is 325 g/mol. The second-order valence-electron chi connectivity index (χ2n) is 4.13. The van der Waals surface area contributed by atoms with Gasteiger partial charge in [0, 0.05) is 18.9 Å². The Morgan fingerprint density at radius 3 is 2.79 bits per heavy atom. The van der Waals surface area contributed by atoms with E-state index in [1.807, 2.05) is 0 Å². The van der Waals surface area contributed by atoms with Gasteiger partial charge < -0.3 is 10.0 Å². The summed E-state index contributed by atoms with van der Waals surface area (Å²) in [6.45, 7) is 0.128. The average Bonchev–Trinajstić information content (AvgIpc) is 2.73. The van der Waals surface area contributed by atoms with Gasteiger partial charge in [-0.1, -0.05) is 0 Å². The Labute approximate surface area is 117 Å². The SMILES string of the molecule is C#CC1CC(=O)N(c2c(C(=O)O)ccc(Br)c2F)C1. The molecule has 0 bridgehead atoms. The molecule has 0 radical (unpaired) electrons. The van der Waals surface area contributed by atoms with Crippen LogP contribution >= 0.6 is 15.9 Å². The van der Waals surface area contributed by atoms with Crippen LogP contribution in [-0.4, -0.2) is 23.5 Å². The number of carboxylic acids is 1. The molecule has 1 aromatic rings. The van der Waals surface area contributed by atoms with E-state index >= 15 is 0 Å². The highest BCUT2D eigenvalue weighted by Crippen LogP contribution is 2.34. The summed E-state index contributed by atoms with van der Waals surface area (Å²) in [4.78, 5) is 24.1. The molecule has 1 fully saturated rings. The van der Waals surface area contributed by atoms with Gasteiger partial charge in [0.1, 0.15) is 0 Å². The fraction of sp³-hybridized carbons (Fsp3) is 0.231. The predicted octanol–water partition coefficient (Wildman–Crippen LogP) is 2.27. The molecule has 0 spiro atoms. The molecule has 0 aliphatic carbocycles. The zero-order valence-electron chi connectivity index (χ0n) is 9.69. The number of carboxylic acid groups (broad SMARTS) is 1. The van der Waals surface area contributed by atoms with E-state index in [2.05, 4.69) is 21.9 Å². The third kappa shape index (κ3) is 2.34. The minimum Gasteiger partial charge on any atom is -0.478 e. The number of aromatic carboxylic acids is 1. The van der Waals surface area contributed by atoms with Crippen molar-refractivity contribution in [3.05, 3.63) is 28.0 Å². The summed E-state index contributed by atoms with van der Waals surface area (Å²) in [7, 11) is 0. The number of amides is 1. The zero-order valence-corrected chi connectivity index (χ0v) is 11.3. The van der Waals surface area contributed by atoms with Crippen LogP contribution in [0.3, 0.4) is 0 Å². The molecular formula is C13H9BrFNO3. The van der Waals surface area contributed by atoms with Crippen molar-refractivity contribution in [2.24, 2.45) is 5.92 Å². The number of hydrogen-bond donors (Lipinski definition) is 1. The molecule has 1 unspecified atom stereocenters. The lowest BCUT2D eigenvalue weighted by molar-refractivity contribution is -0.117. The largest absolute Gasteiger partial charge is 0.478 e. The third-order valence-corrected chi connectivity index (χ3v) is 3.54. The van der Waals surface area contributed by atoms with Gasteiger partial charge in [-0.25, -0.2) is 9.18 Å². The van der Waals surface area contributed by atoms with Crippen LogP contribution in [0.15, 0.2) is 16.6 Å². The van der Waals surface area contributed by atoms with Gasteiger partial charge in [0.25, 0.3) is 0 Å². The number of rotatable bonds is 2. The van der Waals surface area contributed by atoms with Crippen LogP contribution in [0.1, 0.15) is 16.8 Å². The Bertz CT molecular complexity index is 609. The summed E-state index contributed by atoms with van der Waals surface area (Å²) in [6.07, 6.45) is 5.35. The normalized spacial score (nSPS) is 18.5. The number of anilines is 1. The van der Waals surface area contributed by atoms with E-state index in [0.717, 1.165) is 4.90 Å². The number of terminal acetylenes is 1. The van der Waals surface area contributed by atoms with Gasteiger partial charge in [0.05, 0.1) is 15.7 Å². The Balaban J connectivity index is 2.56. The lowest BCUT2D eigenvalue weighted by Crippen LogP contribution is -2.27. The zero-order chi connectivity index (χ0) is 14.2. The second-order valence-corrected chi connectivity index (χ2v) is 4.99. The predicted molar refractivity (Wildman–Crippen MR) is 70.4 cm³/mol. The van der Waals surface area contributed by atoms with Gasteiger partial charge in [-0.2, -0.15) is 0 Å². The van der Waals surface area contributed by atoms with Gasteiger partial charge in [0.2, 0.25) is 5.91 Å². The summed E-state index contributed by atoms with van der Waals surface area (Å²) in [5.41, 5.74) is -0.489. The standard InChI is InChI=1S/C13H9BrFNO3/c1-2-7-5-10(17)16(6-7)12-8(13(18)19)3-4-9(14)11(12)15/h1,3-4,7H,5-6H2,(H,18,19). The molecule has 1 amide bonds. The van der Waals surface area contributed by atoms with Gasteiger partial charge in [-0.3, -0.25) is 4.79 Å². The summed E-state index contributed by atoms with van der Waals surface area (Å²) in [5, 5.41) is 9.09. The van der Waals surface area contributed by atoms with E-state index in [0.29, 0.717) is 0 Å². The van der Waals surface area contributed by atoms with E-state index in [-0.39, 0.29) is 40.5 Å². The molecule has 1 aliphatic heterocycles. The van der Waals surface area contributed by atoms with Crippen molar-refractivity contribution in [2.45, 2.75) is 6.42 Å². The first-order chi connectivity index (χ1) is 8.95. The van der Waals surface area contributed by atoms with Crippen LogP contribution in [0.2, 0.25) is 0 Å². The quantitative estimate of drug-likeness (QED) is 0.849. The summed E-state index contributed by atoms with van der Waals surface area (Å²) in [5.74, 6) is -0.332. The average molecular weight is 326 g/mol. The maximum atomic E-state index is 14.1. The molecule has 1 atom stereocenters. The molecule has 0 saturated carbocycles. The molecule has 1 heterocycles. The molecular weight excluding hydrogens is 317 g/mol. The van der Waals surface area contributed by atoms with Crippen molar-refractivity contribution in [3.8, 4) is 12.3 Å². The van der Waals surface area contributed by atoms with E-state index in [1.54, 1.807) is 0 Å². The van der Waals surface area contributed by atoms with Gasteiger partial charge in [-0.15, -0.1) is 12.3 Å². The van der Waals surface area contributed by atoms with Crippen LogP contribution in [0, 0.1) is 24.1 Å². The molecule has 1 saturated heterocycles. The summed E-state index contributed by atoms with van der Waals surface area (Å²) in [6, 6.07) is 2.54. The van der Waals surface area contributed by atoms with Crippen molar-refractivity contribution < 1.29 is 19.1 Å². The molecule has 0 aromatic heterocycles. The van der Waals surface area contributed by atoms with Gasteiger partial charge in [-0.05, 0) is 28.1 Å². The van der Waals surface area contributed by atoms with E-state index < -0.39 is 11.8 Å². The van der Waals surface area contributed by atoms with Crippen LogP contribution in [0.4, 0.5) is 10.1 Å². The molecule has 1 N–H and O–H groups in total. The number of nitrogens with zero attached hydrogens (tertiary/aromatic N) is 1. The van der Waals surface area contributed by atoms with E-state index in [9.17, 15) is 14.0 Å². The molecule has 1 aromatic carbocycles. The van der Waals surface area contributed by atoms with Crippen LogP contribution in [-0.2, 0) is 4.79 Å². The summed E-state index contributed by atoms with van der Waals surface area (Å²) < 4.78 is 14.2. The molecule has 6 heteroatoms. The fourth-order valence-electron chi connectivity index (χ4n) is 2.01. The second kappa shape index (κ2) is 5.02. The highest BCUT2D eigenvalue weighted by Gasteiger charge is 2.34. The summed E-state index contributed by atoms with van der Waals surface area (Å²) >= 11 is 2.98. The first-order valence-electron chi connectivity index (χ1n) is 5.43. The maximum Gasteiger partial charge on any atom is 0.337 e. The molecule has 19 heavy (non-hydrogen) atoms. The molecule has 98 valence electrons. The number of benzene rings is 1.